The van der Waals surface area contributed by atoms with Crippen molar-refractivity contribution in [1.82, 2.24) is 9.55 Å². The minimum atomic E-state index is -2.40. The minimum Gasteiger partial charge on any atom is -0.509 e. The van der Waals surface area contributed by atoms with Crippen molar-refractivity contribution >= 4 is 60.8 Å². The van der Waals surface area contributed by atoms with E-state index in [0.29, 0.717) is 28.7 Å². The summed E-state index contributed by atoms with van der Waals surface area (Å²) >= 11 is 0. The van der Waals surface area contributed by atoms with Crippen molar-refractivity contribution in [1.29, 1.82) is 0 Å². The van der Waals surface area contributed by atoms with Gasteiger partial charge in [0.15, 0.2) is 0 Å². The Kier molecular flexibility index (Phi) is 7.55. The number of pyridine rings is 1. The summed E-state index contributed by atoms with van der Waals surface area (Å²) in [6, 6.07) is 47.5. The smallest absolute Gasteiger partial charge is 0.140 e. The molecule has 55 heavy (non-hydrogen) atoms. The van der Waals surface area contributed by atoms with Gasteiger partial charge >= 0.3 is 0 Å². The maximum Gasteiger partial charge on any atom is 0.140 e. The summed E-state index contributed by atoms with van der Waals surface area (Å²) in [7, 11) is 0. The van der Waals surface area contributed by atoms with Gasteiger partial charge in [-0.25, -0.2) is 4.98 Å². The Morgan fingerprint density at radius 1 is 0.727 bits per heavy atom. The van der Waals surface area contributed by atoms with E-state index in [2.05, 4.69) is 86.9 Å². The van der Waals surface area contributed by atoms with E-state index < -0.39 is 6.98 Å². The van der Waals surface area contributed by atoms with Crippen LogP contribution < -0.4 is 14.5 Å². The summed E-state index contributed by atoms with van der Waals surface area (Å²) in [6.45, 7) is 7.72. The van der Waals surface area contributed by atoms with E-state index in [1.807, 2.05) is 90.0 Å². The third kappa shape index (κ3) is 5.96. The van der Waals surface area contributed by atoms with Gasteiger partial charge in [0.25, 0.3) is 0 Å². The molecule has 0 unspecified atom stereocenters. The molecule has 3 aromatic heterocycles. The molecule has 0 N–H and O–H groups in total. The number of fused-ring (bicyclic) bond motifs is 7. The Hall–Kier alpha value is -5.84. The van der Waals surface area contributed by atoms with Crippen LogP contribution in [0.3, 0.4) is 0 Å². The maximum atomic E-state index is 8.37. The second-order valence-corrected chi connectivity index (χ2v) is 15.0. The van der Waals surface area contributed by atoms with Crippen LogP contribution in [0.4, 0.5) is 17.1 Å². The molecule has 0 bridgehead atoms. The number of hydrogen-bond donors (Lipinski definition) is 0. The van der Waals surface area contributed by atoms with Crippen molar-refractivity contribution in [2.75, 3.05) is 16.8 Å². The molecule has 4 heterocycles. The first-order valence-electron chi connectivity index (χ1n) is 19.5. The molecular formula is C48H37N4O2Pt-3. The first-order valence-corrected chi connectivity index (χ1v) is 18.0. The fourth-order valence-corrected chi connectivity index (χ4v) is 7.49. The van der Waals surface area contributed by atoms with Crippen LogP contribution in [-0.4, -0.2) is 16.5 Å². The molecule has 274 valence electrons. The van der Waals surface area contributed by atoms with E-state index in [0.717, 1.165) is 71.7 Å². The second kappa shape index (κ2) is 13.2. The third-order valence-corrected chi connectivity index (χ3v) is 10.3. The summed E-state index contributed by atoms with van der Waals surface area (Å²) in [6.07, 6.45) is 1.88. The van der Waals surface area contributed by atoms with E-state index in [1.54, 1.807) is 6.67 Å². The topological polar surface area (TPSA) is 46.7 Å². The number of benzene rings is 6. The number of hydrogen-bond acceptors (Lipinski definition) is 5. The number of aryl methyl sites for hydroxylation is 1. The Labute approximate surface area is 339 Å². The number of aromatic nitrogens is 2. The van der Waals surface area contributed by atoms with Gasteiger partial charge in [-0.05, 0) is 65.7 Å². The number of furan rings is 1. The molecule has 1 aliphatic rings. The molecule has 9 aromatic rings. The minimum absolute atomic E-state index is 0. The summed E-state index contributed by atoms with van der Waals surface area (Å²) in [5.74, 6) is 1.69. The third-order valence-electron chi connectivity index (χ3n) is 10.3. The van der Waals surface area contributed by atoms with Crippen molar-refractivity contribution < 1.29 is 34.3 Å². The second-order valence-electron chi connectivity index (χ2n) is 15.0. The molecule has 0 saturated carbocycles. The molecule has 7 heteroatoms. The Morgan fingerprint density at radius 3 is 2.36 bits per heavy atom. The normalized spacial score (nSPS) is 13.9. The number of anilines is 3. The van der Waals surface area contributed by atoms with Gasteiger partial charge in [-0.1, -0.05) is 93.0 Å². The van der Waals surface area contributed by atoms with Crippen molar-refractivity contribution in [2.24, 2.45) is 0 Å². The predicted molar refractivity (Wildman–Crippen MR) is 220 cm³/mol. The monoisotopic (exact) mass is 899 g/mol. The molecule has 10 rings (SSSR count). The largest absolute Gasteiger partial charge is 0.509 e. The Morgan fingerprint density at radius 2 is 1.53 bits per heavy atom. The summed E-state index contributed by atoms with van der Waals surface area (Å²) in [4.78, 5) is 8.18. The molecule has 0 saturated heterocycles. The molecule has 1 aliphatic heterocycles. The first-order chi connectivity index (χ1) is 27.4. The summed E-state index contributed by atoms with van der Waals surface area (Å²) < 4.78 is 40.2. The Balaban J connectivity index is 0.00000436. The Bertz CT molecular complexity index is 3040. The fourth-order valence-electron chi connectivity index (χ4n) is 7.49. The number of ether oxygens (including phenoxy) is 1. The van der Waals surface area contributed by atoms with Crippen molar-refractivity contribution in [3.63, 3.8) is 0 Å². The van der Waals surface area contributed by atoms with Crippen molar-refractivity contribution in [3.05, 3.63) is 157 Å². The van der Waals surface area contributed by atoms with Gasteiger partial charge in [0, 0.05) is 76.6 Å². The molecule has 6 aromatic carbocycles. The van der Waals surface area contributed by atoms with Crippen LogP contribution in [0, 0.1) is 25.7 Å². The standard InChI is InChI=1S/C48H37N4O2.Pt/c1-30-15-18-39-40-28-49-47(27-46(40)54-45(39)21-30)52-41-14-10-9-13-37(41)38-19-17-35(26-43(38)52)53-36-24-33(48(2,3)4)23-34(25-36)51-29-50(5)42-20-16-32(22-44(42)51)31-11-7-6-8-12-31;/h6-24,27-29H,1-5H3;/q-3;/i5D3;. The van der Waals surface area contributed by atoms with Crippen LogP contribution in [0.15, 0.2) is 132 Å². The van der Waals surface area contributed by atoms with Gasteiger partial charge in [0.2, 0.25) is 0 Å². The van der Waals surface area contributed by atoms with Gasteiger partial charge in [0.1, 0.15) is 17.0 Å². The van der Waals surface area contributed by atoms with E-state index in [1.165, 1.54) is 4.90 Å². The first kappa shape index (κ1) is 31.5. The molecular weight excluding hydrogens is 860 g/mol. The maximum absolute atomic E-state index is 8.37. The van der Waals surface area contributed by atoms with Crippen LogP contribution >= 0.6 is 0 Å². The zero-order valence-corrected chi connectivity index (χ0v) is 32.9. The van der Waals surface area contributed by atoms with Crippen LogP contribution in [0.5, 0.6) is 11.5 Å². The average Bonchev–Trinajstić information content (AvgIpc) is 3.86. The van der Waals surface area contributed by atoms with E-state index >= 15 is 0 Å². The molecule has 6 nitrogen and oxygen atoms in total. The zero-order chi connectivity index (χ0) is 39.2. The van der Waals surface area contributed by atoms with Crippen LogP contribution in [0.1, 0.15) is 36.0 Å². The number of para-hydroxylation sites is 1. The van der Waals surface area contributed by atoms with Gasteiger partial charge in [-0.2, -0.15) is 12.7 Å². The molecule has 0 amide bonds. The van der Waals surface area contributed by atoms with Crippen molar-refractivity contribution in [2.45, 2.75) is 33.1 Å². The molecule has 0 spiro atoms. The van der Waals surface area contributed by atoms with E-state index in [4.69, 9.17) is 18.3 Å². The fraction of sp³-hybridized carbons (Fsp3) is 0.125. The summed E-state index contributed by atoms with van der Waals surface area (Å²) in [5, 5.41) is 4.07. The summed E-state index contributed by atoms with van der Waals surface area (Å²) in [5.41, 5.74) is 9.25. The van der Waals surface area contributed by atoms with Crippen molar-refractivity contribution in [3.8, 4) is 28.4 Å². The zero-order valence-electron chi connectivity index (χ0n) is 33.6. The molecule has 0 fully saturated rings. The van der Waals surface area contributed by atoms with Gasteiger partial charge in [-0.3, -0.25) is 0 Å². The van der Waals surface area contributed by atoms with Gasteiger partial charge in [0.05, 0.1) is 0 Å². The van der Waals surface area contributed by atoms with Gasteiger partial charge in [-0.15, -0.1) is 47.0 Å². The average molecular weight is 900 g/mol. The predicted octanol–water partition coefficient (Wildman–Crippen LogP) is 12.4. The SMILES string of the molecule is [2H]C([2H])([2H])N1[CH-]N(c2[c-]c(Oc3[c-]c4c(cc3)c3ccccc3n4-c3cc4oc5cc(C)ccc5c4cn3)cc(C(C)(C)C)c2)c2cc(-c3ccccc3)ccc21.[Pt]. The van der Waals surface area contributed by atoms with Crippen LogP contribution in [0.2, 0.25) is 0 Å². The molecule has 0 radical (unpaired) electrons. The van der Waals surface area contributed by atoms with E-state index in [-0.39, 0.29) is 26.5 Å². The quantitative estimate of drug-likeness (QED) is 0.161. The van der Waals surface area contributed by atoms with E-state index in [9.17, 15) is 0 Å². The van der Waals surface area contributed by atoms with Crippen LogP contribution in [0.25, 0.3) is 60.7 Å². The number of nitrogens with zero attached hydrogens (tertiary/aromatic N) is 4. The molecule has 0 aliphatic carbocycles. The van der Waals surface area contributed by atoms with Crippen LogP contribution in [-0.2, 0) is 26.5 Å². The number of rotatable bonds is 5. The molecule has 0 atom stereocenters. The van der Waals surface area contributed by atoms with Gasteiger partial charge < -0.3 is 23.5 Å².